The van der Waals surface area contributed by atoms with Crippen molar-refractivity contribution in [2.45, 2.75) is 12.5 Å². The van der Waals surface area contributed by atoms with Crippen LogP contribution in [0.1, 0.15) is 18.3 Å². The average molecular weight is 357 g/mol. The lowest BCUT2D eigenvalue weighted by atomic mass is 10.2. The zero-order valence-electron chi connectivity index (χ0n) is 14.3. The Labute approximate surface area is 152 Å². The van der Waals surface area contributed by atoms with Crippen molar-refractivity contribution in [2.75, 3.05) is 20.6 Å². The molecule has 25 heavy (non-hydrogen) atoms. The van der Waals surface area contributed by atoms with Crippen molar-refractivity contribution < 1.29 is 0 Å². The molecule has 0 radical (unpaired) electrons. The van der Waals surface area contributed by atoms with Gasteiger partial charge in [-0.3, -0.25) is 0 Å². The minimum absolute atomic E-state index is 0. The molecular weight excluding hydrogens is 336 g/mol. The Morgan fingerprint density at radius 3 is 2.52 bits per heavy atom. The van der Waals surface area contributed by atoms with Crippen LogP contribution in [0.15, 0.2) is 48.5 Å². The highest BCUT2D eigenvalue weighted by Gasteiger charge is 2.21. The Morgan fingerprint density at radius 2 is 1.76 bits per heavy atom. The van der Waals surface area contributed by atoms with Crippen LogP contribution in [0, 0.1) is 0 Å². The number of hydrogen-bond donors (Lipinski definition) is 1. The van der Waals surface area contributed by atoms with E-state index < -0.39 is 0 Å². The molecule has 130 valence electrons. The van der Waals surface area contributed by atoms with E-state index in [2.05, 4.69) is 40.4 Å². The Hall–Kier alpha value is -2.44. The third-order valence-corrected chi connectivity index (χ3v) is 4.25. The van der Waals surface area contributed by atoms with Crippen LogP contribution in [-0.4, -0.2) is 50.5 Å². The number of nitrogens with zero attached hydrogens (tertiary/aromatic N) is 5. The lowest BCUT2D eigenvalue weighted by Gasteiger charge is -2.18. The number of fused-ring (bicyclic) bond motifs is 2. The van der Waals surface area contributed by atoms with E-state index in [1.807, 2.05) is 47.1 Å². The van der Waals surface area contributed by atoms with E-state index in [0.29, 0.717) is 0 Å². The lowest BCUT2D eigenvalue weighted by molar-refractivity contribution is 0.353. The first-order valence-corrected chi connectivity index (χ1v) is 8.11. The van der Waals surface area contributed by atoms with Crippen LogP contribution in [-0.2, 0) is 0 Å². The largest absolute Gasteiger partial charge is 0.340 e. The van der Waals surface area contributed by atoms with Crippen LogP contribution >= 0.6 is 12.4 Å². The highest BCUT2D eigenvalue weighted by molar-refractivity contribution is 5.85. The van der Waals surface area contributed by atoms with Gasteiger partial charge in [0.2, 0.25) is 0 Å². The van der Waals surface area contributed by atoms with E-state index in [4.69, 9.17) is 4.98 Å². The fourth-order valence-electron chi connectivity index (χ4n) is 3.00. The third-order valence-electron chi connectivity index (χ3n) is 4.25. The lowest BCUT2D eigenvalue weighted by Crippen LogP contribution is -2.21. The second kappa shape index (κ2) is 7.21. The number of para-hydroxylation sites is 3. The summed E-state index contributed by atoms with van der Waals surface area (Å²) in [5, 5.41) is 8.71. The van der Waals surface area contributed by atoms with E-state index in [0.717, 1.165) is 40.9 Å². The van der Waals surface area contributed by atoms with Crippen LogP contribution in [0.2, 0.25) is 0 Å². The van der Waals surface area contributed by atoms with Crippen LogP contribution in [0.4, 0.5) is 0 Å². The van der Waals surface area contributed by atoms with E-state index in [1.54, 1.807) is 0 Å². The maximum absolute atomic E-state index is 4.79. The standard InChI is InChI=1S/C18H20N6.ClH/c1-23(2)12-11-17(18-19-13-7-3-4-8-14(13)20-18)24-16-10-6-5-9-15(16)21-22-24;/h3-10,17H,11-12H2,1-2H3,(H,19,20);1H. The molecule has 0 aliphatic rings. The van der Waals surface area contributed by atoms with Crippen molar-refractivity contribution in [1.82, 2.24) is 29.9 Å². The monoisotopic (exact) mass is 356 g/mol. The number of nitrogens with one attached hydrogen (secondary N) is 1. The minimum Gasteiger partial charge on any atom is -0.340 e. The topological polar surface area (TPSA) is 62.6 Å². The molecule has 0 spiro atoms. The van der Waals surface area contributed by atoms with Gasteiger partial charge in [0.05, 0.1) is 16.6 Å². The molecule has 6 nitrogen and oxygen atoms in total. The Balaban J connectivity index is 0.00000182. The number of hydrogen-bond acceptors (Lipinski definition) is 4. The van der Waals surface area contributed by atoms with Crippen LogP contribution in [0.3, 0.4) is 0 Å². The zero-order valence-corrected chi connectivity index (χ0v) is 15.1. The van der Waals surface area contributed by atoms with Crippen LogP contribution in [0.25, 0.3) is 22.1 Å². The van der Waals surface area contributed by atoms with Gasteiger partial charge >= 0.3 is 0 Å². The molecule has 4 aromatic rings. The number of aromatic nitrogens is 5. The van der Waals surface area contributed by atoms with Crippen molar-refractivity contribution in [2.24, 2.45) is 0 Å². The van der Waals surface area contributed by atoms with Gasteiger partial charge in [-0.1, -0.05) is 29.5 Å². The number of H-pyrrole nitrogens is 1. The summed E-state index contributed by atoms with van der Waals surface area (Å²) in [7, 11) is 4.16. The van der Waals surface area contributed by atoms with Gasteiger partial charge in [-0.05, 0) is 44.8 Å². The van der Waals surface area contributed by atoms with Crippen molar-refractivity contribution in [3.63, 3.8) is 0 Å². The van der Waals surface area contributed by atoms with Gasteiger partial charge in [0.1, 0.15) is 17.4 Å². The molecule has 0 aliphatic heterocycles. The van der Waals surface area contributed by atoms with Gasteiger partial charge in [-0.2, -0.15) is 0 Å². The van der Waals surface area contributed by atoms with Crippen LogP contribution in [0.5, 0.6) is 0 Å². The first-order chi connectivity index (χ1) is 11.7. The van der Waals surface area contributed by atoms with Gasteiger partial charge in [0.25, 0.3) is 0 Å². The summed E-state index contributed by atoms with van der Waals surface area (Å²) < 4.78 is 1.98. The number of imidazole rings is 1. The van der Waals surface area contributed by atoms with Crippen LogP contribution < -0.4 is 0 Å². The number of rotatable bonds is 5. The Kier molecular flexibility index (Phi) is 5.01. The molecule has 7 heteroatoms. The molecule has 2 aromatic heterocycles. The van der Waals surface area contributed by atoms with Gasteiger partial charge in [-0.15, -0.1) is 17.5 Å². The predicted molar refractivity (Wildman–Crippen MR) is 102 cm³/mol. The maximum atomic E-state index is 4.79. The number of benzene rings is 2. The molecule has 0 bridgehead atoms. The molecule has 0 fully saturated rings. The van der Waals surface area contributed by atoms with Gasteiger partial charge in [0, 0.05) is 6.54 Å². The maximum Gasteiger partial charge on any atom is 0.132 e. The Morgan fingerprint density at radius 1 is 1.04 bits per heavy atom. The van der Waals surface area contributed by atoms with Gasteiger partial charge in [-0.25, -0.2) is 9.67 Å². The summed E-state index contributed by atoms with van der Waals surface area (Å²) >= 11 is 0. The minimum atomic E-state index is 0. The number of aromatic amines is 1. The molecular formula is C18H21ClN6. The van der Waals surface area contributed by atoms with E-state index in [9.17, 15) is 0 Å². The van der Waals surface area contributed by atoms with Crippen molar-refractivity contribution in [1.29, 1.82) is 0 Å². The van der Waals surface area contributed by atoms with Crippen molar-refractivity contribution in [3.8, 4) is 0 Å². The number of halogens is 1. The molecule has 1 atom stereocenters. The second-order valence-corrected chi connectivity index (χ2v) is 6.27. The molecule has 2 aromatic carbocycles. The fraction of sp³-hybridized carbons (Fsp3) is 0.278. The molecule has 1 N–H and O–H groups in total. The molecule has 2 heterocycles. The zero-order chi connectivity index (χ0) is 16.5. The van der Waals surface area contributed by atoms with E-state index >= 15 is 0 Å². The predicted octanol–water partition coefficient (Wildman–Crippen LogP) is 3.27. The quantitative estimate of drug-likeness (QED) is 0.596. The summed E-state index contributed by atoms with van der Waals surface area (Å²) in [6.45, 7) is 0.940. The highest BCUT2D eigenvalue weighted by atomic mass is 35.5. The Bertz CT molecular complexity index is 941. The summed E-state index contributed by atoms with van der Waals surface area (Å²) in [6, 6.07) is 16.2. The molecule has 0 aliphatic carbocycles. The fourth-order valence-corrected chi connectivity index (χ4v) is 3.00. The summed E-state index contributed by atoms with van der Waals surface area (Å²) in [6.07, 6.45) is 0.903. The molecule has 0 amide bonds. The SMILES string of the molecule is CN(C)CCC(c1nc2ccccc2[nH]1)n1nnc2ccccc21.Cl. The molecule has 1 unspecified atom stereocenters. The van der Waals surface area contributed by atoms with E-state index in [1.165, 1.54) is 0 Å². The smallest absolute Gasteiger partial charge is 0.132 e. The van der Waals surface area contributed by atoms with Gasteiger partial charge < -0.3 is 9.88 Å². The van der Waals surface area contributed by atoms with E-state index in [-0.39, 0.29) is 18.4 Å². The second-order valence-electron chi connectivity index (χ2n) is 6.27. The van der Waals surface area contributed by atoms with Crippen molar-refractivity contribution >= 4 is 34.5 Å². The van der Waals surface area contributed by atoms with Gasteiger partial charge in [0.15, 0.2) is 0 Å². The highest BCUT2D eigenvalue weighted by Crippen LogP contribution is 2.25. The summed E-state index contributed by atoms with van der Waals surface area (Å²) in [5.41, 5.74) is 3.96. The normalized spacial score (nSPS) is 12.6. The average Bonchev–Trinajstić information content (AvgIpc) is 3.19. The third kappa shape index (κ3) is 3.36. The van der Waals surface area contributed by atoms with Crippen molar-refractivity contribution in [3.05, 3.63) is 54.4 Å². The first-order valence-electron chi connectivity index (χ1n) is 8.11. The first kappa shape index (κ1) is 17.4. The summed E-state index contributed by atoms with van der Waals surface area (Å²) in [5.74, 6) is 0.925. The molecule has 0 saturated carbocycles. The molecule has 4 rings (SSSR count). The summed E-state index contributed by atoms with van der Waals surface area (Å²) in [4.78, 5) is 10.4. The molecule has 0 saturated heterocycles.